The maximum Gasteiger partial charge on any atom is 0.251 e. The Balaban J connectivity index is 1.70. The van der Waals surface area contributed by atoms with Crippen LogP contribution in [-0.2, 0) is 0 Å². The van der Waals surface area contributed by atoms with Gasteiger partial charge in [0, 0.05) is 22.3 Å². The Morgan fingerprint density at radius 1 is 1.47 bits per heavy atom. The van der Waals surface area contributed by atoms with E-state index in [0.717, 1.165) is 22.5 Å². The van der Waals surface area contributed by atoms with Crippen LogP contribution in [0.25, 0.3) is 0 Å². The van der Waals surface area contributed by atoms with Crippen molar-refractivity contribution in [2.24, 2.45) is 11.3 Å². The summed E-state index contributed by atoms with van der Waals surface area (Å²) in [5.41, 5.74) is 8.53. The molecule has 4 heteroatoms. The van der Waals surface area contributed by atoms with E-state index in [0.29, 0.717) is 16.7 Å². The lowest BCUT2D eigenvalue weighted by atomic mass is 10.00. The van der Waals surface area contributed by atoms with Gasteiger partial charge in [0.25, 0.3) is 5.91 Å². The maximum atomic E-state index is 12.3. The predicted molar refractivity (Wildman–Crippen MR) is 80.0 cm³/mol. The van der Waals surface area contributed by atoms with Gasteiger partial charge in [-0.1, -0.05) is 15.9 Å². The van der Waals surface area contributed by atoms with Crippen molar-refractivity contribution in [3.05, 3.63) is 27.7 Å². The Kier molecular flexibility index (Phi) is 3.08. The second-order valence-corrected chi connectivity index (χ2v) is 6.90. The van der Waals surface area contributed by atoms with Crippen LogP contribution in [0.1, 0.15) is 41.6 Å². The number of halogens is 1. The van der Waals surface area contributed by atoms with Crippen LogP contribution >= 0.6 is 15.9 Å². The summed E-state index contributed by atoms with van der Waals surface area (Å²) in [5.74, 6) is 0.860. The van der Waals surface area contributed by atoms with E-state index < -0.39 is 0 Å². The zero-order chi connectivity index (χ0) is 13.6. The molecule has 3 rings (SSSR count). The second kappa shape index (κ2) is 4.51. The van der Waals surface area contributed by atoms with Gasteiger partial charge in [-0.05, 0) is 61.6 Å². The number of nitrogens with two attached hydrogens (primary N) is 1. The van der Waals surface area contributed by atoms with E-state index in [4.69, 9.17) is 5.73 Å². The summed E-state index contributed by atoms with van der Waals surface area (Å²) >= 11 is 3.39. The maximum absolute atomic E-state index is 12.3. The van der Waals surface area contributed by atoms with E-state index in [1.54, 1.807) is 0 Å². The number of benzene rings is 1. The van der Waals surface area contributed by atoms with Crippen molar-refractivity contribution in [3.63, 3.8) is 0 Å². The molecule has 2 aliphatic carbocycles. The average molecular weight is 323 g/mol. The van der Waals surface area contributed by atoms with Gasteiger partial charge in [0.05, 0.1) is 0 Å². The molecule has 0 unspecified atom stereocenters. The number of anilines is 1. The number of nitrogens with one attached hydrogen (secondary N) is 1. The third-order valence-corrected chi connectivity index (χ3v) is 5.05. The zero-order valence-corrected chi connectivity index (χ0v) is 12.7. The molecule has 0 saturated heterocycles. The highest BCUT2D eigenvalue weighted by molar-refractivity contribution is 9.10. The van der Waals surface area contributed by atoms with Crippen LogP contribution in [0.4, 0.5) is 5.69 Å². The Morgan fingerprint density at radius 2 is 2.16 bits per heavy atom. The van der Waals surface area contributed by atoms with Crippen molar-refractivity contribution in [3.8, 4) is 0 Å². The van der Waals surface area contributed by atoms with Crippen molar-refractivity contribution in [2.45, 2.75) is 32.6 Å². The number of hydrogen-bond acceptors (Lipinski definition) is 2. The molecule has 2 saturated carbocycles. The third-order valence-electron chi connectivity index (χ3n) is 4.59. The van der Waals surface area contributed by atoms with Gasteiger partial charge in [0.15, 0.2) is 0 Å². The molecule has 1 aromatic carbocycles. The lowest BCUT2D eigenvalue weighted by molar-refractivity contribution is 0.0942. The predicted octanol–water partition coefficient (Wildman–Crippen LogP) is 3.26. The summed E-state index contributed by atoms with van der Waals surface area (Å²) in [4.78, 5) is 12.3. The van der Waals surface area contributed by atoms with Crippen LogP contribution in [0.5, 0.6) is 0 Å². The van der Waals surface area contributed by atoms with E-state index in [2.05, 4.69) is 21.2 Å². The molecular weight excluding hydrogens is 304 g/mol. The molecule has 3 nitrogen and oxygen atoms in total. The van der Waals surface area contributed by atoms with E-state index in [1.165, 1.54) is 25.7 Å². The van der Waals surface area contributed by atoms with Crippen molar-refractivity contribution in [1.29, 1.82) is 0 Å². The standard InChI is InChI=1S/C15H19BrN2O/c1-9-12(6-11(16)7-13(9)17)14(19)18-8-15(4-5-15)10-2-3-10/h6-7,10H,2-5,8,17H2,1H3,(H,18,19). The molecule has 2 fully saturated rings. The van der Waals surface area contributed by atoms with Gasteiger partial charge >= 0.3 is 0 Å². The van der Waals surface area contributed by atoms with Gasteiger partial charge < -0.3 is 11.1 Å². The van der Waals surface area contributed by atoms with Gasteiger partial charge in [-0.25, -0.2) is 0 Å². The normalized spacial score (nSPS) is 20.1. The Hall–Kier alpha value is -1.03. The summed E-state index contributed by atoms with van der Waals surface area (Å²) < 4.78 is 0.851. The Morgan fingerprint density at radius 3 is 2.74 bits per heavy atom. The fraction of sp³-hybridized carbons (Fsp3) is 0.533. The van der Waals surface area contributed by atoms with Crippen LogP contribution in [-0.4, -0.2) is 12.5 Å². The Labute approximate surface area is 122 Å². The molecule has 102 valence electrons. The first-order valence-electron chi connectivity index (χ1n) is 6.86. The van der Waals surface area contributed by atoms with Gasteiger partial charge in [-0.15, -0.1) is 0 Å². The van der Waals surface area contributed by atoms with Crippen molar-refractivity contribution < 1.29 is 4.79 Å². The molecule has 19 heavy (non-hydrogen) atoms. The number of carbonyl (C=O) groups is 1. The van der Waals surface area contributed by atoms with E-state index in [9.17, 15) is 4.79 Å². The quantitative estimate of drug-likeness (QED) is 0.836. The summed E-state index contributed by atoms with van der Waals surface area (Å²) in [7, 11) is 0. The van der Waals surface area contributed by atoms with E-state index in [-0.39, 0.29) is 5.91 Å². The monoisotopic (exact) mass is 322 g/mol. The largest absolute Gasteiger partial charge is 0.398 e. The molecule has 0 spiro atoms. The minimum Gasteiger partial charge on any atom is -0.398 e. The van der Waals surface area contributed by atoms with Gasteiger partial charge in [-0.3, -0.25) is 4.79 Å². The van der Waals surface area contributed by atoms with Crippen LogP contribution in [0.2, 0.25) is 0 Å². The first kappa shape index (κ1) is 13.0. The second-order valence-electron chi connectivity index (χ2n) is 5.99. The SMILES string of the molecule is Cc1c(N)cc(Br)cc1C(=O)NCC1(C2CC2)CC1. The molecule has 0 radical (unpaired) electrons. The van der Waals surface area contributed by atoms with Crippen LogP contribution in [0, 0.1) is 18.3 Å². The zero-order valence-electron chi connectivity index (χ0n) is 11.1. The summed E-state index contributed by atoms with van der Waals surface area (Å²) in [6, 6.07) is 3.68. The number of hydrogen-bond donors (Lipinski definition) is 2. The Bertz CT molecular complexity index is 533. The molecule has 2 aliphatic rings. The fourth-order valence-electron chi connectivity index (χ4n) is 2.87. The third kappa shape index (κ3) is 2.50. The fourth-order valence-corrected chi connectivity index (χ4v) is 3.35. The van der Waals surface area contributed by atoms with Crippen molar-refractivity contribution in [2.75, 3.05) is 12.3 Å². The highest BCUT2D eigenvalue weighted by atomic mass is 79.9. The summed E-state index contributed by atoms with van der Waals surface area (Å²) in [6.07, 6.45) is 5.24. The molecule has 0 bridgehead atoms. The van der Waals surface area contributed by atoms with Gasteiger partial charge in [0.2, 0.25) is 0 Å². The smallest absolute Gasteiger partial charge is 0.251 e. The molecule has 0 aliphatic heterocycles. The lowest BCUT2D eigenvalue weighted by Crippen LogP contribution is -2.31. The minimum atomic E-state index is -0.00238. The van der Waals surface area contributed by atoms with Crippen LogP contribution < -0.4 is 11.1 Å². The van der Waals surface area contributed by atoms with E-state index >= 15 is 0 Å². The first-order valence-corrected chi connectivity index (χ1v) is 7.65. The number of carbonyl (C=O) groups excluding carboxylic acids is 1. The molecule has 1 amide bonds. The molecule has 0 atom stereocenters. The summed E-state index contributed by atoms with van der Waals surface area (Å²) in [6.45, 7) is 2.72. The first-order chi connectivity index (χ1) is 9.02. The number of rotatable bonds is 4. The van der Waals surface area contributed by atoms with Crippen molar-refractivity contribution >= 4 is 27.5 Å². The highest BCUT2D eigenvalue weighted by Crippen LogP contribution is 2.60. The van der Waals surface area contributed by atoms with Gasteiger partial charge in [0.1, 0.15) is 0 Å². The molecular formula is C15H19BrN2O. The van der Waals surface area contributed by atoms with Crippen molar-refractivity contribution in [1.82, 2.24) is 5.32 Å². The molecule has 0 aromatic heterocycles. The van der Waals surface area contributed by atoms with E-state index in [1.807, 2.05) is 19.1 Å². The van der Waals surface area contributed by atoms with Gasteiger partial charge in [-0.2, -0.15) is 0 Å². The minimum absolute atomic E-state index is 0.00238. The number of amides is 1. The number of nitrogen functional groups attached to an aromatic ring is 1. The topological polar surface area (TPSA) is 55.1 Å². The average Bonchev–Trinajstić information content (AvgIpc) is 3.23. The molecule has 1 aromatic rings. The van der Waals surface area contributed by atoms with Crippen LogP contribution in [0.3, 0.4) is 0 Å². The molecule has 3 N–H and O–H groups in total. The van der Waals surface area contributed by atoms with Crippen LogP contribution in [0.15, 0.2) is 16.6 Å². The highest BCUT2D eigenvalue weighted by Gasteiger charge is 2.53. The molecule has 0 heterocycles. The summed E-state index contributed by atoms with van der Waals surface area (Å²) in [5, 5.41) is 3.10. The lowest BCUT2D eigenvalue weighted by Gasteiger charge is -2.16.